The van der Waals surface area contributed by atoms with E-state index in [0.29, 0.717) is 12.5 Å². The summed E-state index contributed by atoms with van der Waals surface area (Å²) in [5.74, 6) is 0.841. The van der Waals surface area contributed by atoms with Crippen molar-refractivity contribution in [2.24, 2.45) is 11.8 Å². The molecule has 0 spiro atoms. The van der Waals surface area contributed by atoms with Gasteiger partial charge in [-0.25, -0.2) is 12.7 Å². The number of hydrogen-bond acceptors (Lipinski definition) is 4. The first-order valence-corrected chi connectivity index (χ1v) is 8.41. The zero-order valence-corrected chi connectivity index (χ0v) is 11.8. The summed E-state index contributed by atoms with van der Waals surface area (Å²) in [6.07, 6.45) is 3.34. The molecule has 1 heterocycles. The minimum absolute atomic E-state index is 0.214. The zero-order valence-electron chi connectivity index (χ0n) is 11.0. The molecule has 0 radical (unpaired) electrons. The van der Waals surface area contributed by atoms with Gasteiger partial charge in [0.15, 0.2) is 0 Å². The molecular formula is C12H24N2O3S. The maximum Gasteiger partial charge on any atom is 0.214 e. The summed E-state index contributed by atoms with van der Waals surface area (Å²) in [5, 5.41) is 12.5. The molecule has 1 saturated heterocycles. The second-order valence-electron chi connectivity index (χ2n) is 5.76. The Kier molecular flexibility index (Phi) is 4.64. The minimum Gasteiger partial charge on any atom is -0.393 e. The predicted molar refractivity (Wildman–Crippen MR) is 70.7 cm³/mol. The van der Waals surface area contributed by atoms with Crippen molar-refractivity contribution >= 4 is 10.0 Å². The second-order valence-corrected chi connectivity index (χ2v) is 7.88. The van der Waals surface area contributed by atoms with Gasteiger partial charge in [-0.3, -0.25) is 0 Å². The van der Waals surface area contributed by atoms with Gasteiger partial charge in [-0.2, -0.15) is 0 Å². The zero-order chi connectivity index (χ0) is 13.2. The standard InChI is InChI=1S/C12H24N2O3S/c1-14(8-11-5-12(15)6-11)18(16,17)9-10-3-2-4-13-7-10/h10-13,15H,2-9H2,1H3. The summed E-state index contributed by atoms with van der Waals surface area (Å²) in [6, 6.07) is 0. The van der Waals surface area contributed by atoms with Crippen molar-refractivity contribution in [2.45, 2.75) is 31.8 Å². The molecule has 2 N–H and O–H groups in total. The van der Waals surface area contributed by atoms with E-state index >= 15 is 0 Å². The van der Waals surface area contributed by atoms with Gasteiger partial charge in [0.1, 0.15) is 0 Å². The average Bonchev–Trinajstić information content (AvgIpc) is 2.27. The van der Waals surface area contributed by atoms with E-state index in [2.05, 4.69) is 5.32 Å². The van der Waals surface area contributed by atoms with Gasteiger partial charge in [-0.1, -0.05) is 0 Å². The van der Waals surface area contributed by atoms with Crippen LogP contribution in [-0.2, 0) is 10.0 Å². The highest BCUT2D eigenvalue weighted by molar-refractivity contribution is 7.89. The van der Waals surface area contributed by atoms with E-state index in [-0.39, 0.29) is 17.8 Å². The van der Waals surface area contributed by atoms with Crippen LogP contribution in [-0.4, -0.2) is 56.4 Å². The minimum atomic E-state index is -3.14. The number of hydrogen-bond donors (Lipinski definition) is 2. The van der Waals surface area contributed by atoms with Crippen molar-refractivity contribution in [2.75, 3.05) is 32.4 Å². The van der Waals surface area contributed by atoms with Gasteiger partial charge >= 0.3 is 0 Å². The summed E-state index contributed by atoms with van der Waals surface area (Å²) in [7, 11) is -1.47. The van der Waals surface area contributed by atoms with Crippen molar-refractivity contribution in [1.82, 2.24) is 9.62 Å². The first-order valence-electron chi connectivity index (χ1n) is 6.80. The van der Waals surface area contributed by atoms with Crippen LogP contribution in [0.3, 0.4) is 0 Å². The lowest BCUT2D eigenvalue weighted by atomic mass is 9.82. The van der Waals surface area contributed by atoms with Crippen molar-refractivity contribution in [3.05, 3.63) is 0 Å². The van der Waals surface area contributed by atoms with Crippen LogP contribution in [0.5, 0.6) is 0 Å². The van der Waals surface area contributed by atoms with Gasteiger partial charge in [0.25, 0.3) is 0 Å². The van der Waals surface area contributed by atoms with E-state index in [4.69, 9.17) is 0 Å². The first kappa shape index (κ1) is 14.2. The van der Waals surface area contributed by atoms with Crippen molar-refractivity contribution in [1.29, 1.82) is 0 Å². The molecule has 2 fully saturated rings. The summed E-state index contributed by atoms with van der Waals surface area (Å²) >= 11 is 0. The molecule has 0 bridgehead atoms. The molecule has 1 unspecified atom stereocenters. The number of piperidine rings is 1. The van der Waals surface area contributed by atoms with Gasteiger partial charge in [0.2, 0.25) is 10.0 Å². The Balaban J connectivity index is 1.81. The van der Waals surface area contributed by atoms with Gasteiger partial charge < -0.3 is 10.4 Å². The molecule has 1 atom stereocenters. The molecular weight excluding hydrogens is 252 g/mol. The first-order chi connectivity index (χ1) is 8.47. The Morgan fingerprint density at radius 2 is 2.06 bits per heavy atom. The van der Waals surface area contributed by atoms with Crippen molar-refractivity contribution in [3.8, 4) is 0 Å². The number of aliphatic hydroxyl groups is 1. The molecule has 0 amide bonds. The van der Waals surface area contributed by atoms with Gasteiger partial charge in [-0.15, -0.1) is 0 Å². The molecule has 6 heteroatoms. The number of rotatable bonds is 5. The number of sulfonamides is 1. The Morgan fingerprint density at radius 1 is 1.33 bits per heavy atom. The summed E-state index contributed by atoms with van der Waals surface area (Å²) in [6.45, 7) is 2.38. The number of nitrogens with one attached hydrogen (secondary N) is 1. The van der Waals surface area contributed by atoms with Gasteiger partial charge in [0, 0.05) is 13.6 Å². The summed E-state index contributed by atoms with van der Waals surface area (Å²) < 4.78 is 25.9. The fourth-order valence-corrected chi connectivity index (χ4v) is 4.39. The molecule has 0 aromatic carbocycles. The topological polar surface area (TPSA) is 69.6 Å². The van der Waals surface area contributed by atoms with Crippen LogP contribution in [0.15, 0.2) is 0 Å². The molecule has 18 heavy (non-hydrogen) atoms. The third-order valence-electron chi connectivity index (χ3n) is 4.05. The third-order valence-corrected chi connectivity index (χ3v) is 6.04. The summed E-state index contributed by atoms with van der Waals surface area (Å²) in [4.78, 5) is 0. The summed E-state index contributed by atoms with van der Waals surface area (Å²) in [5.41, 5.74) is 0. The number of nitrogens with zero attached hydrogens (tertiary/aromatic N) is 1. The van der Waals surface area contributed by atoms with Crippen LogP contribution in [0.1, 0.15) is 25.7 Å². The van der Waals surface area contributed by atoms with Crippen LogP contribution in [0.25, 0.3) is 0 Å². The van der Waals surface area contributed by atoms with Crippen molar-refractivity contribution in [3.63, 3.8) is 0 Å². The van der Waals surface area contributed by atoms with Gasteiger partial charge in [0.05, 0.1) is 11.9 Å². The van der Waals surface area contributed by atoms with E-state index in [9.17, 15) is 13.5 Å². The average molecular weight is 276 g/mol. The van der Waals surface area contributed by atoms with Crippen molar-refractivity contribution < 1.29 is 13.5 Å². The highest BCUT2D eigenvalue weighted by atomic mass is 32.2. The van der Waals surface area contributed by atoms with Crippen LogP contribution >= 0.6 is 0 Å². The molecule has 106 valence electrons. The van der Waals surface area contributed by atoms with E-state index in [1.165, 1.54) is 4.31 Å². The van der Waals surface area contributed by atoms with Gasteiger partial charge in [-0.05, 0) is 50.6 Å². The Morgan fingerprint density at radius 3 is 2.61 bits per heavy atom. The molecule has 1 aliphatic heterocycles. The molecule has 0 aromatic rings. The van der Waals surface area contributed by atoms with E-state index in [1.54, 1.807) is 7.05 Å². The normalized spacial score (nSPS) is 33.4. The highest BCUT2D eigenvalue weighted by Crippen LogP contribution is 2.28. The van der Waals surface area contributed by atoms with Crippen LogP contribution < -0.4 is 5.32 Å². The lowest BCUT2D eigenvalue weighted by Gasteiger charge is -2.34. The van der Waals surface area contributed by atoms with Crippen LogP contribution in [0.2, 0.25) is 0 Å². The lowest BCUT2D eigenvalue weighted by molar-refractivity contribution is 0.0367. The Hall–Kier alpha value is -0.170. The highest BCUT2D eigenvalue weighted by Gasteiger charge is 2.32. The monoisotopic (exact) mass is 276 g/mol. The second kappa shape index (κ2) is 5.86. The molecule has 1 saturated carbocycles. The predicted octanol–water partition coefficient (Wildman–Crippen LogP) is 0.0185. The third kappa shape index (κ3) is 3.66. The van der Waals surface area contributed by atoms with Crippen LogP contribution in [0.4, 0.5) is 0 Å². The maximum absolute atomic E-state index is 12.2. The van der Waals surface area contributed by atoms with E-state index in [0.717, 1.165) is 38.8 Å². The SMILES string of the molecule is CN(CC1CC(O)C1)S(=O)(=O)CC1CCCNC1. The molecule has 5 nitrogen and oxygen atoms in total. The number of aliphatic hydroxyl groups excluding tert-OH is 1. The Labute approximate surface area is 110 Å². The van der Waals surface area contributed by atoms with E-state index < -0.39 is 10.0 Å². The molecule has 2 rings (SSSR count). The quantitative estimate of drug-likeness (QED) is 0.743. The molecule has 1 aliphatic carbocycles. The van der Waals surface area contributed by atoms with Crippen LogP contribution in [0, 0.1) is 11.8 Å². The lowest BCUT2D eigenvalue weighted by Crippen LogP contribution is -2.42. The molecule has 0 aromatic heterocycles. The fraction of sp³-hybridized carbons (Fsp3) is 1.00. The fourth-order valence-electron chi connectivity index (χ4n) is 2.82. The maximum atomic E-state index is 12.2. The Bertz CT molecular complexity index is 360. The van der Waals surface area contributed by atoms with E-state index in [1.807, 2.05) is 0 Å². The smallest absolute Gasteiger partial charge is 0.214 e. The molecule has 2 aliphatic rings. The largest absolute Gasteiger partial charge is 0.393 e.